The molecule has 17 nitrogen and oxygen atoms in total. The molecule has 0 unspecified atom stereocenters. The molecule has 0 spiro atoms. The number of aromatic nitrogens is 3. The molecule has 4 atom stereocenters. The van der Waals surface area contributed by atoms with Crippen molar-refractivity contribution < 1.29 is 47.3 Å². The second kappa shape index (κ2) is 23.4. The van der Waals surface area contributed by atoms with Gasteiger partial charge in [0.25, 0.3) is 0 Å². The van der Waals surface area contributed by atoms with E-state index in [-0.39, 0.29) is 53.9 Å². The lowest BCUT2D eigenvalue weighted by Crippen LogP contribution is -2.65. The van der Waals surface area contributed by atoms with Crippen LogP contribution in [0.25, 0.3) is 11.3 Å². The smallest absolute Gasteiger partial charge is 0.410 e. The molecular weight excluding hydrogens is 1010 g/mol. The first-order valence-electron chi connectivity index (χ1n) is 24.8. The minimum Gasteiger partial charge on any atom is -0.618 e. The van der Waals surface area contributed by atoms with Gasteiger partial charge in [0.1, 0.15) is 40.8 Å². The molecule has 4 heterocycles. The number of imidazole rings is 1. The first kappa shape index (κ1) is 56.0. The van der Waals surface area contributed by atoms with Crippen molar-refractivity contribution >= 4 is 52.9 Å². The third-order valence-electron chi connectivity index (χ3n) is 13.9. The van der Waals surface area contributed by atoms with Crippen LogP contribution in [0.2, 0.25) is 10.0 Å². The number of pyridine rings is 1. The highest BCUT2D eigenvalue weighted by molar-refractivity contribution is 6.31. The summed E-state index contributed by atoms with van der Waals surface area (Å²) in [4.78, 5) is 82.7. The van der Waals surface area contributed by atoms with Gasteiger partial charge in [-0.2, -0.15) is 4.73 Å². The summed E-state index contributed by atoms with van der Waals surface area (Å²) in [6.07, 6.45) is 1.91. The second-order valence-electron chi connectivity index (χ2n) is 20.5. The summed E-state index contributed by atoms with van der Waals surface area (Å²) in [7, 11) is 6.51. The van der Waals surface area contributed by atoms with Gasteiger partial charge in [0.2, 0.25) is 23.6 Å². The van der Waals surface area contributed by atoms with Gasteiger partial charge >= 0.3 is 6.09 Å². The maximum atomic E-state index is 16.5. The normalized spacial score (nSPS) is 19.9. The summed E-state index contributed by atoms with van der Waals surface area (Å²) in [5.41, 5.74) is 1.22. The molecular formula is C55H65Cl2FN8O9. The van der Waals surface area contributed by atoms with Crippen LogP contribution in [0.15, 0.2) is 85.1 Å². The van der Waals surface area contributed by atoms with Gasteiger partial charge in [-0.15, -0.1) is 0 Å². The number of methoxy groups -OCH3 is 1. The number of hydrogen-bond acceptors (Lipinski definition) is 10. The molecule has 2 fully saturated rings. The number of ether oxygens (including phenoxy) is 3. The van der Waals surface area contributed by atoms with Crippen molar-refractivity contribution in [2.45, 2.75) is 103 Å². The predicted molar refractivity (Wildman–Crippen MR) is 280 cm³/mol. The van der Waals surface area contributed by atoms with Gasteiger partial charge < -0.3 is 48.9 Å². The number of piperidine rings is 1. The molecule has 7 rings (SSSR count). The number of nitrogens with one attached hydrogen (secondary N) is 1. The topological polar surface area (TPSA) is 183 Å². The predicted octanol–water partition coefficient (Wildman–Crippen LogP) is 7.81. The number of fused-ring (bicyclic) bond motifs is 2. The molecule has 5 amide bonds. The molecule has 0 aliphatic carbocycles. The Bertz CT molecular complexity index is 2910. The number of benzene rings is 3. The van der Waals surface area contributed by atoms with Crippen molar-refractivity contribution in [1.29, 1.82) is 0 Å². The van der Waals surface area contributed by atoms with Gasteiger partial charge in [0.05, 0.1) is 43.0 Å². The van der Waals surface area contributed by atoms with Crippen molar-refractivity contribution in [2.24, 2.45) is 13.0 Å². The van der Waals surface area contributed by atoms with E-state index in [1.165, 1.54) is 25.0 Å². The second-order valence-corrected chi connectivity index (χ2v) is 21.4. The first-order chi connectivity index (χ1) is 35.5. The number of carbonyl (C=O) groups is 5. The molecule has 20 heteroatoms. The highest BCUT2D eigenvalue weighted by Gasteiger charge is 2.47. The lowest BCUT2D eigenvalue weighted by molar-refractivity contribution is -0.621. The van der Waals surface area contributed by atoms with E-state index >= 15 is 14.0 Å². The Kier molecular flexibility index (Phi) is 17.5. The molecule has 2 bridgehead atoms. The average Bonchev–Trinajstić information content (AvgIpc) is 3.72. The van der Waals surface area contributed by atoms with Gasteiger partial charge in [-0.05, 0) is 107 Å². The van der Waals surface area contributed by atoms with E-state index < -0.39 is 77.6 Å². The van der Waals surface area contributed by atoms with Crippen molar-refractivity contribution in [2.75, 3.05) is 40.9 Å². The van der Waals surface area contributed by atoms with Gasteiger partial charge in [0, 0.05) is 94.4 Å². The monoisotopic (exact) mass is 1070 g/mol. The van der Waals surface area contributed by atoms with E-state index in [4.69, 9.17) is 37.4 Å². The van der Waals surface area contributed by atoms with Crippen molar-refractivity contribution in [3.8, 4) is 22.8 Å². The fraction of sp³-hybridized carbons (Fsp3) is 0.436. The van der Waals surface area contributed by atoms with Crippen LogP contribution in [0, 0.1) is 23.9 Å². The van der Waals surface area contributed by atoms with E-state index in [1.54, 1.807) is 112 Å². The number of carbonyl (C=O) groups excluding carboxylic acids is 5. The Labute approximate surface area is 447 Å². The molecule has 75 heavy (non-hydrogen) atoms. The largest absolute Gasteiger partial charge is 0.618 e. The van der Waals surface area contributed by atoms with Crippen LogP contribution in [0.1, 0.15) is 75.3 Å². The van der Waals surface area contributed by atoms with Crippen LogP contribution >= 0.6 is 23.2 Å². The third kappa shape index (κ3) is 13.2. The number of halogens is 3. The Morgan fingerprint density at radius 2 is 1.71 bits per heavy atom. The van der Waals surface area contributed by atoms with E-state index in [0.717, 1.165) is 32.5 Å². The highest BCUT2D eigenvalue weighted by atomic mass is 35.5. The number of aryl methyl sites for hydroxylation is 1. The summed E-state index contributed by atoms with van der Waals surface area (Å²) >= 11 is 12.7. The van der Waals surface area contributed by atoms with Crippen LogP contribution in [0.5, 0.6) is 11.5 Å². The maximum absolute atomic E-state index is 16.5. The lowest BCUT2D eigenvalue weighted by atomic mass is 9.80. The zero-order valence-corrected chi connectivity index (χ0v) is 45.3. The summed E-state index contributed by atoms with van der Waals surface area (Å²) in [6.45, 7) is 8.28. The zero-order chi connectivity index (χ0) is 54.5. The highest BCUT2D eigenvalue weighted by Crippen LogP contribution is 2.36. The minimum atomic E-state index is -1.37. The Balaban J connectivity index is 1.23. The molecule has 2 aliphatic rings. The standard InChI is InChI=1S/C55H65Cl2FN8O9/c1-34-12-10-13-41(66(34)72)24-38-25-49(67)65(35(2)50(68)60-45(32-73-9)52(70)63(8)55(22-11-23-64(33-55)51(38)69)28-36-14-18-39(56)19-15-36)30-43-44(58)26-40(57)27-47(43)74-42-20-16-37(17-21-42)46-29-59-48(62(46)7)31-61(6)53(71)75-54(3,4)5/h10,12-21,26-27,29,35,38,45H,11,22-25,28,30-33H2,1-9H3,(H,60,68)/t35-,38+,45-,55+/m0/s1. The van der Waals surface area contributed by atoms with E-state index in [1.807, 2.05) is 23.7 Å². The lowest BCUT2D eigenvalue weighted by Gasteiger charge is -2.50. The molecule has 400 valence electrons. The van der Waals surface area contributed by atoms with Crippen LogP contribution < -0.4 is 14.8 Å². The van der Waals surface area contributed by atoms with Crippen molar-refractivity contribution in [1.82, 2.24) is 34.5 Å². The molecule has 2 saturated heterocycles. The Hall–Kier alpha value is -6.76. The third-order valence-corrected chi connectivity index (χ3v) is 14.4. The summed E-state index contributed by atoms with van der Waals surface area (Å²) in [6, 6.07) is 18.9. The average molecular weight is 1070 g/mol. The summed E-state index contributed by atoms with van der Waals surface area (Å²) in [5.74, 6) is -3.50. The Morgan fingerprint density at radius 3 is 2.39 bits per heavy atom. The van der Waals surface area contributed by atoms with Crippen LogP contribution in [0.4, 0.5) is 9.18 Å². The van der Waals surface area contributed by atoms with E-state index in [9.17, 15) is 19.6 Å². The van der Waals surface area contributed by atoms with Gasteiger partial charge in [-0.3, -0.25) is 19.2 Å². The fourth-order valence-electron chi connectivity index (χ4n) is 9.69. The fourth-order valence-corrected chi connectivity index (χ4v) is 10.0. The van der Waals surface area contributed by atoms with Crippen molar-refractivity contribution in [3.05, 3.63) is 134 Å². The molecule has 2 aromatic heterocycles. The molecule has 0 saturated carbocycles. The molecule has 2 aliphatic heterocycles. The van der Waals surface area contributed by atoms with Crippen LogP contribution in [-0.4, -0.2) is 123 Å². The minimum absolute atomic E-state index is 0.00630. The maximum Gasteiger partial charge on any atom is 0.410 e. The van der Waals surface area contributed by atoms with E-state index in [2.05, 4.69) is 10.3 Å². The first-order valence-corrected chi connectivity index (χ1v) is 25.5. The van der Waals surface area contributed by atoms with Crippen LogP contribution in [0.3, 0.4) is 0 Å². The van der Waals surface area contributed by atoms with Gasteiger partial charge in [0.15, 0.2) is 11.4 Å². The number of hydrogen-bond donors (Lipinski definition) is 1. The molecule has 5 aromatic rings. The molecule has 0 radical (unpaired) electrons. The Morgan fingerprint density at radius 1 is 1.00 bits per heavy atom. The number of rotatable bonds is 13. The van der Waals surface area contributed by atoms with E-state index in [0.29, 0.717) is 42.3 Å². The van der Waals surface area contributed by atoms with Crippen LogP contribution in [-0.2, 0) is 61.6 Å². The summed E-state index contributed by atoms with van der Waals surface area (Å²) < 4.78 is 36.4. The van der Waals surface area contributed by atoms with Gasteiger partial charge in [-0.25, -0.2) is 14.2 Å². The zero-order valence-electron chi connectivity index (χ0n) is 43.8. The number of amides is 5. The van der Waals surface area contributed by atoms with Gasteiger partial charge in [-0.1, -0.05) is 35.3 Å². The molecule has 3 aromatic carbocycles. The quantitative estimate of drug-likeness (QED) is 0.0902. The number of likely N-dealkylation sites (N-methyl/N-ethyl adjacent to an activating group) is 1. The summed E-state index contributed by atoms with van der Waals surface area (Å²) in [5, 5.41) is 16.8. The number of nitrogens with zero attached hydrogens (tertiary/aromatic N) is 7. The molecule has 1 N–H and O–H groups in total. The van der Waals surface area contributed by atoms with Crippen molar-refractivity contribution in [3.63, 3.8) is 0 Å². The SMILES string of the molecule is COC[C@@H]1NC(=O)[C@H](C)N(Cc2c(F)cc(Cl)cc2Oc2ccc(-c3cnc(CN(C)C(=O)OC(C)(C)C)n3C)cc2)C(=O)C[C@@H](Cc2cccc(C)[n+]2[O-])C(=O)N2CCC[C@@](Cc3ccc(Cl)cc3)(C2)N(C)C1=O.